The van der Waals surface area contributed by atoms with E-state index < -0.39 is 0 Å². The van der Waals surface area contributed by atoms with Gasteiger partial charge in [0.1, 0.15) is 10.6 Å². The van der Waals surface area contributed by atoms with Gasteiger partial charge in [0.2, 0.25) is 0 Å². The predicted octanol–water partition coefficient (Wildman–Crippen LogP) is 2.52. The van der Waals surface area contributed by atoms with Crippen molar-refractivity contribution in [3.8, 4) is 5.75 Å². The Morgan fingerprint density at radius 2 is 1.89 bits per heavy atom. The van der Waals surface area contributed by atoms with Crippen molar-refractivity contribution in [3.63, 3.8) is 0 Å². The van der Waals surface area contributed by atoms with E-state index >= 15 is 0 Å². The fourth-order valence-electron chi connectivity index (χ4n) is 2.60. The molecule has 1 heterocycles. The van der Waals surface area contributed by atoms with Crippen LogP contribution in [0.4, 0.5) is 0 Å². The van der Waals surface area contributed by atoms with E-state index in [1.54, 1.807) is 19.7 Å². The maximum Gasteiger partial charge on any atom is 0.263 e. The number of aromatic nitrogens is 1. The zero-order valence-corrected chi connectivity index (χ0v) is 19.8. The summed E-state index contributed by atoms with van der Waals surface area (Å²) in [6, 6.07) is 6.16. The molecular weight excluding hydrogens is 489 g/mol. The van der Waals surface area contributed by atoms with Crippen LogP contribution in [0.25, 0.3) is 0 Å². The van der Waals surface area contributed by atoms with Crippen LogP contribution in [0.5, 0.6) is 5.75 Å². The van der Waals surface area contributed by atoms with Crippen LogP contribution in [0.1, 0.15) is 26.5 Å². The SMILES string of the molecule is CN=C(NCCNC(=O)c1scnc1C)NCCc1cc(C)ccc1OC.I. The standard InChI is InChI=1S/C19H27N5O2S.HI/c1-13-5-6-16(26-4)15(11-13)7-8-22-19(20-3)23-10-9-21-18(25)17-14(2)24-12-27-17;/h5-6,11-12H,7-10H2,1-4H3,(H,21,25)(H2,20,22,23);1H. The predicted molar refractivity (Wildman–Crippen MR) is 125 cm³/mol. The highest BCUT2D eigenvalue weighted by molar-refractivity contribution is 14.0. The Morgan fingerprint density at radius 3 is 2.54 bits per heavy atom. The number of carbonyl (C=O) groups excluding carboxylic acids is 1. The first-order valence-electron chi connectivity index (χ1n) is 8.81. The number of hydrogen-bond acceptors (Lipinski definition) is 5. The summed E-state index contributed by atoms with van der Waals surface area (Å²) in [6.07, 6.45) is 0.826. The molecule has 28 heavy (non-hydrogen) atoms. The Morgan fingerprint density at radius 1 is 1.18 bits per heavy atom. The summed E-state index contributed by atoms with van der Waals surface area (Å²) < 4.78 is 5.41. The smallest absolute Gasteiger partial charge is 0.263 e. The van der Waals surface area contributed by atoms with Gasteiger partial charge in [-0.05, 0) is 31.9 Å². The van der Waals surface area contributed by atoms with Crippen LogP contribution < -0.4 is 20.7 Å². The van der Waals surface area contributed by atoms with Crippen LogP contribution in [0.3, 0.4) is 0 Å². The lowest BCUT2D eigenvalue weighted by Crippen LogP contribution is -2.42. The quantitative estimate of drug-likeness (QED) is 0.217. The number of methoxy groups -OCH3 is 1. The van der Waals surface area contributed by atoms with Crippen molar-refractivity contribution in [2.75, 3.05) is 33.8 Å². The number of ether oxygens (including phenoxy) is 1. The molecule has 0 aliphatic heterocycles. The highest BCUT2D eigenvalue weighted by Crippen LogP contribution is 2.19. The number of aryl methyl sites for hydroxylation is 2. The van der Waals surface area contributed by atoms with Crippen LogP contribution in [-0.4, -0.2) is 50.6 Å². The van der Waals surface area contributed by atoms with Gasteiger partial charge in [0, 0.05) is 26.7 Å². The zero-order chi connectivity index (χ0) is 19.6. The first-order chi connectivity index (χ1) is 13.0. The highest BCUT2D eigenvalue weighted by atomic mass is 127. The number of carbonyl (C=O) groups is 1. The van der Waals surface area contributed by atoms with E-state index in [9.17, 15) is 4.79 Å². The molecule has 1 amide bonds. The molecule has 0 radical (unpaired) electrons. The molecular formula is C19H28IN5O2S. The summed E-state index contributed by atoms with van der Waals surface area (Å²) >= 11 is 1.35. The average molecular weight is 517 g/mol. The summed E-state index contributed by atoms with van der Waals surface area (Å²) in [5, 5.41) is 9.35. The van der Waals surface area contributed by atoms with Gasteiger partial charge in [-0.25, -0.2) is 4.98 Å². The lowest BCUT2D eigenvalue weighted by molar-refractivity contribution is 0.0957. The summed E-state index contributed by atoms with van der Waals surface area (Å²) in [7, 11) is 3.41. The highest BCUT2D eigenvalue weighted by Gasteiger charge is 2.10. The third-order valence-electron chi connectivity index (χ3n) is 4.00. The van der Waals surface area contributed by atoms with Crippen LogP contribution in [0, 0.1) is 13.8 Å². The van der Waals surface area contributed by atoms with Gasteiger partial charge in [-0.3, -0.25) is 9.79 Å². The lowest BCUT2D eigenvalue weighted by Gasteiger charge is -2.14. The van der Waals surface area contributed by atoms with Crippen molar-refractivity contribution >= 4 is 47.2 Å². The second-order valence-electron chi connectivity index (χ2n) is 6.01. The number of thiazole rings is 1. The number of benzene rings is 1. The van der Waals surface area contributed by atoms with E-state index in [1.807, 2.05) is 19.1 Å². The number of amides is 1. The maximum atomic E-state index is 12.0. The van der Waals surface area contributed by atoms with E-state index in [1.165, 1.54) is 16.9 Å². The van der Waals surface area contributed by atoms with E-state index in [-0.39, 0.29) is 29.9 Å². The van der Waals surface area contributed by atoms with Crippen molar-refractivity contribution in [1.82, 2.24) is 20.9 Å². The molecule has 1 aromatic heterocycles. The van der Waals surface area contributed by atoms with E-state index in [0.29, 0.717) is 23.9 Å². The van der Waals surface area contributed by atoms with Crippen LogP contribution in [0.2, 0.25) is 0 Å². The normalized spacial score (nSPS) is 10.8. The molecule has 7 nitrogen and oxygen atoms in total. The second kappa shape index (κ2) is 12.6. The lowest BCUT2D eigenvalue weighted by atomic mass is 10.1. The average Bonchev–Trinajstić information content (AvgIpc) is 3.09. The molecule has 0 fully saturated rings. The molecule has 0 saturated carbocycles. The number of hydrogen-bond donors (Lipinski definition) is 3. The molecule has 154 valence electrons. The van der Waals surface area contributed by atoms with Gasteiger partial charge in [-0.15, -0.1) is 35.3 Å². The molecule has 1 aromatic carbocycles. The zero-order valence-electron chi connectivity index (χ0n) is 16.7. The number of nitrogens with zero attached hydrogens (tertiary/aromatic N) is 2. The van der Waals surface area contributed by atoms with Gasteiger partial charge in [-0.2, -0.15) is 0 Å². The molecule has 2 aromatic rings. The Bertz CT molecular complexity index is 794. The Balaban J connectivity index is 0.00000392. The molecule has 9 heteroatoms. The Kier molecular flexibility index (Phi) is 10.8. The summed E-state index contributed by atoms with van der Waals surface area (Å²) in [5.41, 5.74) is 4.81. The number of guanidine groups is 1. The molecule has 2 rings (SSSR count). The van der Waals surface area contributed by atoms with Crippen LogP contribution >= 0.6 is 35.3 Å². The maximum absolute atomic E-state index is 12.0. The Hall–Kier alpha value is -1.88. The first kappa shape index (κ1) is 24.2. The number of halogens is 1. The topological polar surface area (TPSA) is 87.6 Å². The van der Waals surface area contributed by atoms with Crippen LogP contribution in [-0.2, 0) is 6.42 Å². The fraction of sp³-hybridized carbons (Fsp3) is 0.421. The van der Waals surface area contributed by atoms with Gasteiger partial charge in [0.05, 0.1) is 18.3 Å². The molecule has 0 aliphatic rings. The van der Waals surface area contributed by atoms with E-state index in [4.69, 9.17) is 4.74 Å². The first-order valence-corrected chi connectivity index (χ1v) is 9.69. The minimum Gasteiger partial charge on any atom is -0.496 e. The third-order valence-corrected chi connectivity index (χ3v) is 4.93. The van der Waals surface area contributed by atoms with E-state index in [2.05, 4.69) is 38.9 Å². The second-order valence-corrected chi connectivity index (χ2v) is 6.87. The minimum atomic E-state index is -0.0914. The molecule has 0 atom stereocenters. The van der Waals surface area contributed by atoms with Gasteiger partial charge < -0.3 is 20.7 Å². The van der Waals surface area contributed by atoms with Gasteiger partial charge in [0.25, 0.3) is 5.91 Å². The van der Waals surface area contributed by atoms with Crippen molar-refractivity contribution < 1.29 is 9.53 Å². The van der Waals surface area contributed by atoms with Crippen molar-refractivity contribution in [2.45, 2.75) is 20.3 Å². The van der Waals surface area contributed by atoms with Crippen molar-refractivity contribution in [2.24, 2.45) is 4.99 Å². The summed E-state index contributed by atoms with van der Waals surface area (Å²) in [5.74, 6) is 1.50. The Labute approximate surface area is 187 Å². The number of nitrogens with one attached hydrogen (secondary N) is 3. The fourth-order valence-corrected chi connectivity index (χ4v) is 3.31. The van der Waals surface area contributed by atoms with Gasteiger partial charge >= 0.3 is 0 Å². The largest absolute Gasteiger partial charge is 0.496 e. The summed E-state index contributed by atoms with van der Waals surface area (Å²) in [6.45, 7) is 5.71. The number of rotatable bonds is 8. The molecule has 3 N–H and O–H groups in total. The van der Waals surface area contributed by atoms with Crippen molar-refractivity contribution in [3.05, 3.63) is 45.4 Å². The molecule has 0 bridgehead atoms. The monoisotopic (exact) mass is 517 g/mol. The van der Waals surface area contributed by atoms with Gasteiger partial charge in [0.15, 0.2) is 5.96 Å². The summed E-state index contributed by atoms with van der Waals surface area (Å²) in [4.78, 5) is 21.0. The van der Waals surface area contributed by atoms with E-state index in [0.717, 1.165) is 30.0 Å². The molecule has 0 spiro atoms. The molecule has 0 saturated heterocycles. The number of aliphatic imine (C=N–C) groups is 1. The van der Waals surface area contributed by atoms with Crippen molar-refractivity contribution in [1.29, 1.82) is 0 Å². The van der Waals surface area contributed by atoms with Crippen LogP contribution in [0.15, 0.2) is 28.7 Å². The van der Waals surface area contributed by atoms with Gasteiger partial charge in [-0.1, -0.05) is 17.7 Å². The minimum absolute atomic E-state index is 0. The molecule has 0 aliphatic carbocycles. The molecule has 0 unspecified atom stereocenters. The third kappa shape index (κ3) is 7.27.